The van der Waals surface area contributed by atoms with Crippen LogP contribution in [0.25, 0.3) is 0 Å². The second-order valence-corrected chi connectivity index (χ2v) is 3.65. The van der Waals surface area contributed by atoms with Crippen LogP contribution in [0, 0.1) is 0 Å². The number of nitrogens with one attached hydrogen (secondary N) is 1. The van der Waals surface area contributed by atoms with Crippen molar-refractivity contribution in [1.82, 2.24) is 5.32 Å². The molecule has 0 aliphatic heterocycles. The Balaban J connectivity index is 2.82. The number of nitrogens with zero attached hydrogens (tertiary/aromatic N) is 1. The molecule has 1 aromatic rings. The first-order chi connectivity index (χ1) is 8.69. The number of para-hydroxylation sites is 1. The molecule has 5 heteroatoms. The van der Waals surface area contributed by atoms with Gasteiger partial charge in [0.25, 0.3) is 0 Å². The number of hydrogen-bond donors (Lipinski definition) is 1. The molecule has 1 rings (SSSR count). The van der Waals surface area contributed by atoms with Gasteiger partial charge in [0.15, 0.2) is 0 Å². The molecule has 0 radical (unpaired) electrons. The number of ether oxygens (including phenoxy) is 1. The van der Waals surface area contributed by atoms with Gasteiger partial charge in [-0.2, -0.15) is 0 Å². The number of hydrogen-bond acceptors (Lipinski definition) is 4. The number of likely N-dealkylation sites (N-methyl/N-ethyl adjacent to an activating group) is 1. The first-order valence-corrected chi connectivity index (χ1v) is 5.84. The average molecular weight is 250 g/mol. The Morgan fingerprint density at radius 3 is 2.50 bits per heavy atom. The molecule has 0 unspecified atom stereocenters. The summed E-state index contributed by atoms with van der Waals surface area (Å²) in [5.74, 6) is -0.581. The summed E-state index contributed by atoms with van der Waals surface area (Å²) in [6, 6.07) is 9.06. The van der Waals surface area contributed by atoms with E-state index in [1.165, 1.54) is 4.90 Å². The molecular formula is C13H18N2O3. The standard InChI is InChI=1S/C13H18N2O3/c1-3-18-13(17)10-15(12(16)9-14-2)11-7-5-4-6-8-11/h4-8,14H,3,9-10H2,1-2H3. The Labute approximate surface area is 107 Å². The minimum Gasteiger partial charge on any atom is -0.465 e. The zero-order valence-corrected chi connectivity index (χ0v) is 10.7. The Morgan fingerprint density at radius 1 is 1.28 bits per heavy atom. The van der Waals surface area contributed by atoms with Gasteiger partial charge < -0.3 is 15.0 Å². The van der Waals surface area contributed by atoms with E-state index in [4.69, 9.17) is 4.74 Å². The number of anilines is 1. The summed E-state index contributed by atoms with van der Waals surface area (Å²) in [4.78, 5) is 24.8. The molecule has 0 spiro atoms. The second kappa shape index (κ2) is 7.45. The number of amides is 1. The van der Waals surface area contributed by atoms with Crippen LogP contribution in [-0.2, 0) is 14.3 Å². The average Bonchev–Trinajstić information content (AvgIpc) is 2.37. The fraction of sp³-hybridized carbons (Fsp3) is 0.385. The van der Waals surface area contributed by atoms with E-state index in [0.29, 0.717) is 12.3 Å². The first kappa shape index (κ1) is 14.2. The maximum atomic E-state index is 11.9. The Kier molecular flexibility index (Phi) is 5.87. The molecule has 0 fully saturated rings. The van der Waals surface area contributed by atoms with Gasteiger partial charge >= 0.3 is 5.97 Å². The summed E-state index contributed by atoms with van der Waals surface area (Å²) in [5, 5.41) is 2.78. The molecule has 0 bridgehead atoms. The van der Waals surface area contributed by atoms with Crippen LogP contribution in [0.5, 0.6) is 0 Å². The molecule has 0 heterocycles. The molecule has 0 aromatic heterocycles. The molecule has 0 atom stereocenters. The van der Waals surface area contributed by atoms with Crippen LogP contribution in [0.4, 0.5) is 5.69 Å². The van der Waals surface area contributed by atoms with Crippen LogP contribution in [0.3, 0.4) is 0 Å². The van der Waals surface area contributed by atoms with E-state index in [-0.39, 0.29) is 19.0 Å². The highest BCUT2D eigenvalue weighted by Crippen LogP contribution is 2.13. The minimum atomic E-state index is -0.411. The van der Waals surface area contributed by atoms with E-state index in [9.17, 15) is 9.59 Å². The smallest absolute Gasteiger partial charge is 0.326 e. The highest BCUT2D eigenvalue weighted by molar-refractivity contribution is 5.98. The maximum Gasteiger partial charge on any atom is 0.326 e. The second-order valence-electron chi connectivity index (χ2n) is 3.65. The third-order valence-electron chi connectivity index (χ3n) is 2.29. The number of benzene rings is 1. The fourth-order valence-electron chi connectivity index (χ4n) is 1.51. The van der Waals surface area contributed by atoms with Gasteiger partial charge in [0.2, 0.25) is 5.91 Å². The van der Waals surface area contributed by atoms with E-state index < -0.39 is 5.97 Å². The molecule has 98 valence electrons. The van der Waals surface area contributed by atoms with Crippen LogP contribution in [0.1, 0.15) is 6.92 Å². The van der Waals surface area contributed by atoms with Gasteiger partial charge in [-0.15, -0.1) is 0 Å². The quantitative estimate of drug-likeness (QED) is 0.759. The van der Waals surface area contributed by atoms with Crippen LogP contribution < -0.4 is 10.2 Å². The maximum absolute atomic E-state index is 11.9. The molecule has 1 amide bonds. The summed E-state index contributed by atoms with van der Waals surface area (Å²) in [5.41, 5.74) is 0.686. The summed E-state index contributed by atoms with van der Waals surface area (Å²) >= 11 is 0. The summed E-state index contributed by atoms with van der Waals surface area (Å²) in [6.45, 7) is 2.15. The number of rotatable bonds is 6. The lowest BCUT2D eigenvalue weighted by atomic mass is 10.2. The van der Waals surface area contributed by atoms with Crippen molar-refractivity contribution in [2.45, 2.75) is 6.92 Å². The van der Waals surface area contributed by atoms with Gasteiger partial charge in [0, 0.05) is 5.69 Å². The van der Waals surface area contributed by atoms with E-state index in [1.807, 2.05) is 18.2 Å². The fourth-order valence-corrected chi connectivity index (χ4v) is 1.51. The zero-order chi connectivity index (χ0) is 13.4. The predicted molar refractivity (Wildman–Crippen MR) is 69.4 cm³/mol. The highest BCUT2D eigenvalue weighted by Gasteiger charge is 2.18. The molecule has 0 aliphatic rings. The van der Waals surface area contributed by atoms with Crippen molar-refractivity contribution in [3.8, 4) is 0 Å². The monoisotopic (exact) mass is 250 g/mol. The van der Waals surface area contributed by atoms with E-state index in [2.05, 4.69) is 5.32 Å². The number of carbonyl (C=O) groups is 2. The lowest BCUT2D eigenvalue weighted by molar-refractivity contribution is -0.142. The number of carbonyl (C=O) groups excluding carboxylic acids is 2. The van der Waals surface area contributed by atoms with Crippen LogP contribution in [0.2, 0.25) is 0 Å². The van der Waals surface area contributed by atoms with Crippen molar-refractivity contribution in [3.63, 3.8) is 0 Å². The van der Waals surface area contributed by atoms with E-state index in [1.54, 1.807) is 26.1 Å². The minimum absolute atomic E-state index is 0.0711. The summed E-state index contributed by atoms with van der Waals surface area (Å²) < 4.78 is 4.87. The molecule has 1 N–H and O–H groups in total. The molecule has 0 aliphatic carbocycles. The Bertz CT molecular complexity index is 392. The molecule has 5 nitrogen and oxygen atoms in total. The SMILES string of the molecule is CCOC(=O)CN(C(=O)CNC)c1ccccc1. The molecule has 0 saturated heterocycles. The lowest BCUT2D eigenvalue weighted by Gasteiger charge is -2.21. The largest absolute Gasteiger partial charge is 0.465 e. The molecule has 1 aromatic carbocycles. The Hall–Kier alpha value is -1.88. The first-order valence-electron chi connectivity index (χ1n) is 5.84. The highest BCUT2D eigenvalue weighted by atomic mass is 16.5. The van der Waals surface area contributed by atoms with Gasteiger partial charge in [0.05, 0.1) is 13.2 Å². The number of esters is 1. The van der Waals surface area contributed by atoms with E-state index in [0.717, 1.165) is 0 Å². The van der Waals surface area contributed by atoms with Crippen LogP contribution in [-0.4, -0.2) is 38.6 Å². The normalized spacial score (nSPS) is 9.89. The van der Waals surface area contributed by atoms with Gasteiger partial charge in [0.1, 0.15) is 6.54 Å². The van der Waals surface area contributed by atoms with Crippen molar-refractivity contribution < 1.29 is 14.3 Å². The van der Waals surface area contributed by atoms with Crippen LogP contribution >= 0.6 is 0 Å². The molecular weight excluding hydrogens is 232 g/mol. The van der Waals surface area contributed by atoms with Crippen molar-refractivity contribution in [2.75, 3.05) is 31.6 Å². The van der Waals surface area contributed by atoms with Gasteiger partial charge in [-0.1, -0.05) is 18.2 Å². The third kappa shape index (κ3) is 4.18. The van der Waals surface area contributed by atoms with Crippen LogP contribution in [0.15, 0.2) is 30.3 Å². The summed E-state index contributed by atoms with van der Waals surface area (Å²) in [6.07, 6.45) is 0. The predicted octanol–water partition coefficient (Wildman–Crippen LogP) is 0.802. The Morgan fingerprint density at radius 2 is 1.94 bits per heavy atom. The van der Waals surface area contributed by atoms with Crippen molar-refractivity contribution in [3.05, 3.63) is 30.3 Å². The van der Waals surface area contributed by atoms with Crippen molar-refractivity contribution in [2.24, 2.45) is 0 Å². The topological polar surface area (TPSA) is 58.6 Å². The van der Waals surface area contributed by atoms with E-state index >= 15 is 0 Å². The third-order valence-corrected chi connectivity index (χ3v) is 2.29. The van der Waals surface area contributed by atoms with Gasteiger partial charge in [-0.3, -0.25) is 9.59 Å². The lowest BCUT2D eigenvalue weighted by Crippen LogP contribution is -2.41. The van der Waals surface area contributed by atoms with Crippen molar-refractivity contribution >= 4 is 17.6 Å². The molecule has 18 heavy (non-hydrogen) atoms. The van der Waals surface area contributed by atoms with Gasteiger partial charge in [-0.05, 0) is 26.1 Å². The zero-order valence-electron chi connectivity index (χ0n) is 10.7. The van der Waals surface area contributed by atoms with Gasteiger partial charge in [-0.25, -0.2) is 0 Å². The van der Waals surface area contributed by atoms with Crippen molar-refractivity contribution in [1.29, 1.82) is 0 Å². The molecule has 0 saturated carbocycles. The summed E-state index contributed by atoms with van der Waals surface area (Å²) in [7, 11) is 1.69.